The van der Waals surface area contributed by atoms with Gasteiger partial charge in [-0.3, -0.25) is 4.79 Å². The number of nitrogens with one attached hydrogen (secondary N) is 1. The van der Waals surface area contributed by atoms with Crippen LogP contribution in [0.25, 0.3) is 10.9 Å². The molecule has 0 amide bonds. The highest BCUT2D eigenvalue weighted by atomic mass is 32.2. The molecular formula is C26H24FN3O3S. The van der Waals surface area contributed by atoms with E-state index in [1.165, 1.54) is 36.0 Å². The minimum atomic E-state index is -0.370. The Bertz CT molecular complexity index is 1300. The van der Waals surface area contributed by atoms with Crippen molar-refractivity contribution in [1.29, 1.82) is 0 Å². The SMILES string of the molecule is COc1ccc(CCNc2nc(SCC(=O)c3ccc(F)cc3)nc3ccccc23)cc1OC. The molecule has 6 nitrogen and oxygen atoms in total. The van der Waals surface area contributed by atoms with Crippen LogP contribution < -0.4 is 14.8 Å². The number of nitrogens with zero attached hydrogens (tertiary/aromatic N) is 2. The number of carbonyl (C=O) groups is 1. The van der Waals surface area contributed by atoms with Crippen molar-refractivity contribution in [1.82, 2.24) is 9.97 Å². The zero-order valence-electron chi connectivity index (χ0n) is 18.9. The van der Waals surface area contributed by atoms with Crippen LogP contribution in [0.1, 0.15) is 15.9 Å². The van der Waals surface area contributed by atoms with Gasteiger partial charge < -0.3 is 14.8 Å². The summed E-state index contributed by atoms with van der Waals surface area (Å²) in [5.41, 5.74) is 2.36. The van der Waals surface area contributed by atoms with Gasteiger partial charge in [0.05, 0.1) is 25.5 Å². The summed E-state index contributed by atoms with van der Waals surface area (Å²) in [4.78, 5) is 21.7. The smallest absolute Gasteiger partial charge is 0.190 e. The monoisotopic (exact) mass is 477 g/mol. The van der Waals surface area contributed by atoms with E-state index < -0.39 is 0 Å². The molecule has 0 aliphatic rings. The van der Waals surface area contributed by atoms with Gasteiger partial charge in [-0.2, -0.15) is 0 Å². The molecule has 4 aromatic rings. The molecule has 0 unspecified atom stereocenters. The van der Waals surface area contributed by atoms with Gasteiger partial charge in [0.25, 0.3) is 0 Å². The molecule has 0 atom stereocenters. The molecule has 34 heavy (non-hydrogen) atoms. The van der Waals surface area contributed by atoms with Gasteiger partial charge in [0.2, 0.25) is 0 Å². The maximum absolute atomic E-state index is 13.1. The molecule has 0 fully saturated rings. The van der Waals surface area contributed by atoms with Crippen molar-refractivity contribution in [2.24, 2.45) is 0 Å². The Kier molecular flexibility index (Phi) is 7.59. The van der Waals surface area contributed by atoms with Crippen molar-refractivity contribution < 1.29 is 18.7 Å². The molecule has 8 heteroatoms. The average Bonchev–Trinajstić information content (AvgIpc) is 2.87. The number of carbonyl (C=O) groups excluding carboxylic acids is 1. The molecule has 0 bridgehead atoms. The second-order valence-corrected chi connectivity index (χ2v) is 8.40. The molecule has 1 N–H and O–H groups in total. The first-order chi connectivity index (χ1) is 16.6. The lowest BCUT2D eigenvalue weighted by Gasteiger charge is -2.12. The van der Waals surface area contributed by atoms with E-state index in [1.807, 2.05) is 42.5 Å². The lowest BCUT2D eigenvalue weighted by Crippen LogP contribution is -2.09. The van der Waals surface area contributed by atoms with Crippen molar-refractivity contribution in [3.63, 3.8) is 0 Å². The van der Waals surface area contributed by atoms with Crippen LogP contribution in [0.4, 0.5) is 10.2 Å². The van der Waals surface area contributed by atoms with Gasteiger partial charge in [-0.1, -0.05) is 30.0 Å². The molecule has 1 aromatic heterocycles. The lowest BCUT2D eigenvalue weighted by atomic mass is 10.1. The first-order valence-corrected chi connectivity index (χ1v) is 11.7. The summed E-state index contributed by atoms with van der Waals surface area (Å²) < 4.78 is 23.8. The summed E-state index contributed by atoms with van der Waals surface area (Å²) >= 11 is 1.26. The fourth-order valence-electron chi connectivity index (χ4n) is 3.47. The van der Waals surface area contributed by atoms with Gasteiger partial charge >= 0.3 is 0 Å². The fraction of sp³-hybridized carbons (Fsp3) is 0.192. The highest BCUT2D eigenvalue weighted by Gasteiger charge is 2.12. The molecule has 0 saturated heterocycles. The number of benzene rings is 3. The van der Waals surface area contributed by atoms with Gasteiger partial charge in [-0.05, 0) is 60.5 Å². The maximum Gasteiger partial charge on any atom is 0.190 e. The van der Waals surface area contributed by atoms with E-state index in [4.69, 9.17) is 9.47 Å². The third kappa shape index (κ3) is 5.63. The van der Waals surface area contributed by atoms with Gasteiger partial charge in [0.1, 0.15) is 11.6 Å². The average molecular weight is 478 g/mol. The Morgan fingerprint density at radius 1 is 0.971 bits per heavy atom. The Hall–Kier alpha value is -3.65. The zero-order chi connectivity index (χ0) is 23.9. The fourth-order valence-corrected chi connectivity index (χ4v) is 4.21. The highest BCUT2D eigenvalue weighted by Crippen LogP contribution is 2.28. The number of Topliss-reactive ketones (excluding diaryl/α,β-unsaturated/α-hetero) is 1. The Labute approximate surface area is 201 Å². The molecule has 0 aliphatic carbocycles. The van der Waals surface area contributed by atoms with Crippen LogP contribution in [0.2, 0.25) is 0 Å². The standard InChI is InChI=1S/C26H24FN3O3S/c1-32-23-12-7-17(15-24(23)33-2)13-14-28-25-20-5-3-4-6-21(20)29-26(30-25)34-16-22(31)18-8-10-19(27)11-9-18/h3-12,15H,13-14,16H2,1-2H3,(H,28,29,30). The van der Waals surface area contributed by atoms with Crippen molar-refractivity contribution in [2.75, 3.05) is 31.8 Å². The maximum atomic E-state index is 13.1. The number of thioether (sulfide) groups is 1. The largest absolute Gasteiger partial charge is 0.493 e. The summed E-state index contributed by atoms with van der Waals surface area (Å²) in [5, 5.41) is 4.81. The molecular weight excluding hydrogens is 453 g/mol. The van der Waals surface area contributed by atoms with Crippen molar-refractivity contribution in [3.8, 4) is 11.5 Å². The number of ketones is 1. The Balaban J connectivity index is 1.46. The quantitative estimate of drug-likeness (QED) is 0.186. The normalized spacial score (nSPS) is 10.8. The van der Waals surface area contributed by atoms with Crippen LogP contribution in [0.3, 0.4) is 0 Å². The van der Waals surface area contributed by atoms with Crippen LogP contribution in [-0.4, -0.2) is 42.3 Å². The number of anilines is 1. The van der Waals surface area contributed by atoms with Crippen molar-refractivity contribution in [3.05, 3.63) is 83.7 Å². The third-order valence-electron chi connectivity index (χ3n) is 5.24. The number of para-hydroxylation sites is 1. The predicted octanol–water partition coefficient (Wildman–Crippen LogP) is 5.42. The number of hydrogen-bond acceptors (Lipinski definition) is 7. The van der Waals surface area contributed by atoms with Crippen LogP contribution in [0.15, 0.2) is 71.9 Å². The van der Waals surface area contributed by atoms with Crippen molar-refractivity contribution >= 4 is 34.3 Å². The Morgan fingerprint density at radius 3 is 2.50 bits per heavy atom. The second-order valence-electron chi connectivity index (χ2n) is 7.46. The summed E-state index contributed by atoms with van der Waals surface area (Å²) in [6.07, 6.45) is 0.754. The van der Waals surface area contributed by atoms with Crippen molar-refractivity contribution in [2.45, 2.75) is 11.6 Å². The van der Waals surface area contributed by atoms with E-state index >= 15 is 0 Å². The van der Waals surface area contributed by atoms with E-state index in [0.29, 0.717) is 34.6 Å². The number of fused-ring (bicyclic) bond motifs is 1. The molecule has 4 rings (SSSR count). The first kappa shape index (κ1) is 23.5. The number of ether oxygens (including phenoxy) is 2. The Morgan fingerprint density at radius 2 is 1.74 bits per heavy atom. The van der Waals surface area contributed by atoms with Crippen LogP contribution >= 0.6 is 11.8 Å². The number of aromatic nitrogens is 2. The minimum absolute atomic E-state index is 0.107. The first-order valence-electron chi connectivity index (χ1n) is 10.7. The van der Waals surface area contributed by atoms with E-state index in [2.05, 4.69) is 15.3 Å². The molecule has 0 spiro atoms. The minimum Gasteiger partial charge on any atom is -0.493 e. The van der Waals surface area contributed by atoms with E-state index in [1.54, 1.807) is 14.2 Å². The highest BCUT2D eigenvalue weighted by molar-refractivity contribution is 7.99. The van der Waals surface area contributed by atoms with Crippen LogP contribution in [0, 0.1) is 5.82 Å². The van der Waals surface area contributed by atoms with Gasteiger partial charge in [0.15, 0.2) is 22.4 Å². The molecule has 0 aliphatic heterocycles. The van der Waals surface area contributed by atoms with Gasteiger partial charge in [-0.25, -0.2) is 14.4 Å². The van der Waals surface area contributed by atoms with E-state index in [0.717, 1.165) is 22.9 Å². The van der Waals surface area contributed by atoms with E-state index in [9.17, 15) is 9.18 Å². The number of halogens is 1. The van der Waals surface area contributed by atoms with E-state index in [-0.39, 0.29) is 17.4 Å². The summed E-state index contributed by atoms with van der Waals surface area (Å²) in [5.74, 6) is 1.78. The second kappa shape index (κ2) is 11.0. The molecule has 0 saturated carbocycles. The summed E-state index contributed by atoms with van der Waals surface area (Å²) in [6.45, 7) is 0.648. The molecule has 1 heterocycles. The molecule has 3 aromatic carbocycles. The number of hydrogen-bond donors (Lipinski definition) is 1. The van der Waals surface area contributed by atoms with Gasteiger partial charge in [-0.15, -0.1) is 0 Å². The predicted molar refractivity (Wildman–Crippen MR) is 133 cm³/mol. The third-order valence-corrected chi connectivity index (χ3v) is 6.08. The van der Waals surface area contributed by atoms with Crippen LogP contribution in [-0.2, 0) is 6.42 Å². The van der Waals surface area contributed by atoms with Gasteiger partial charge in [0, 0.05) is 17.5 Å². The topological polar surface area (TPSA) is 73.3 Å². The lowest BCUT2D eigenvalue weighted by molar-refractivity contribution is 0.102. The molecule has 0 radical (unpaired) electrons. The van der Waals surface area contributed by atoms with Crippen LogP contribution in [0.5, 0.6) is 11.5 Å². The summed E-state index contributed by atoms with van der Waals surface area (Å²) in [6, 6.07) is 19.1. The number of methoxy groups -OCH3 is 2. The molecule has 174 valence electrons. The zero-order valence-corrected chi connectivity index (χ0v) is 19.7. The summed E-state index contributed by atoms with van der Waals surface area (Å²) in [7, 11) is 3.23. The number of rotatable bonds is 10.